The van der Waals surface area contributed by atoms with Gasteiger partial charge in [0.15, 0.2) is 0 Å². The van der Waals surface area contributed by atoms with Crippen molar-refractivity contribution in [1.29, 1.82) is 0 Å². The van der Waals surface area contributed by atoms with E-state index in [0.717, 1.165) is 106 Å². The fourth-order valence-electron chi connectivity index (χ4n) is 13.1. The molecule has 1 aliphatic rings. The topological polar surface area (TPSA) is 305 Å². The Morgan fingerprint density at radius 3 is 1.00 bits per heavy atom. The summed E-state index contributed by atoms with van der Waals surface area (Å²) in [7, 11) is 1.30. The average Bonchev–Trinajstić information content (AvgIpc) is 1.61. The molecule has 632 valence electrons. The molecule has 0 saturated heterocycles. The summed E-state index contributed by atoms with van der Waals surface area (Å²) < 4.78 is 44.2. The molecule has 115 heavy (non-hydrogen) atoms. The van der Waals surface area contributed by atoms with E-state index in [1.807, 2.05) is 218 Å². The Labute approximate surface area is 683 Å². The second-order valence-electron chi connectivity index (χ2n) is 35.4. The lowest BCUT2D eigenvalue weighted by atomic mass is 9.92. The number of hydrogen-bond acceptors (Lipinski definition) is 17. The van der Waals surface area contributed by atoms with Gasteiger partial charge in [-0.1, -0.05) is 60.7 Å². The average molecular weight is 1590 g/mol. The van der Waals surface area contributed by atoms with Crippen LogP contribution in [0.3, 0.4) is 0 Å². The summed E-state index contributed by atoms with van der Waals surface area (Å²) in [6.07, 6.45) is 1.42. The number of phenols is 1. The summed E-state index contributed by atoms with van der Waals surface area (Å²) in [4.78, 5) is 73.1. The number of nitrogens with one attached hydrogen (secondary N) is 4. The van der Waals surface area contributed by atoms with E-state index in [-0.39, 0.29) is 41.5 Å². The van der Waals surface area contributed by atoms with Gasteiger partial charge in [-0.2, -0.15) is 0 Å². The third kappa shape index (κ3) is 33.7. The molecule has 6 aromatic carbocycles. The summed E-state index contributed by atoms with van der Waals surface area (Å²) in [5.74, 6) is 0.762. The van der Waals surface area contributed by atoms with E-state index < -0.39 is 89.5 Å². The van der Waals surface area contributed by atoms with Crippen LogP contribution in [-0.2, 0) is 59.0 Å². The zero-order valence-electron chi connectivity index (χ0n) is 73.3. The summed E-state index contributed by atoms with van der Waals surface area (Å²) >= 11 is 0. The van der Waals surface area contributed by atoms with Crippen LogP contribution in [0.1, 0.15) is 221 Å². The lowest BCUT2D eigenvalue weighted by molar-refractivity contribution is -0.143. The number of aliphatic hydroxyl groups excluding tert-OH is 2. The number of carbonyl (C=O) groups is 6. The van der Waals surface area contributed by atoms with Gasteiger partial charge in [0.05, 0.1) is 31.4 Å². The first kappa shape index (κ1) is 97.3. The van der Waals surface area contributed by atoms with E-state index in [1.54, 1.807) is 58.9 Å². The molecule has 0 bridgehead atoms. The second kappa shape index (κ2) is 42.0. The molecule has 8 N–H and O–H groups in total. The highest BCUT2D eigenvalue weighted by Crippen LogP contribution is 2.45. The van der Waals surface area contributed by atoms with Crippen molar-refractivity contribution >= 4 is 36.3 Å². The Balaban J connectivity index is 0.000000324. The SMILES string of the molecule is C=CC[C@@H](O)[C@H](Cc1c(C)cc(OC(C)(C)C)cc1C)NC(=O)OC(C)(C)C.C=CC[C@H](O)[C@@H](Cc1c(C)cc(OC(C)(C)C)cc1C)NC(=O)OC(C)(C)C.COC(=O)[C@H](Cc1c(C)cc(OC(C)(C)C)cc1C)NC(=O)OC(C)(C)C.Cc1cc(O)cc(C)c1C[C@H](NC(=O)OCC1c2ccccc2-c2ccccc21)C(=O)O. The van der Waals surface area contributed by atoms with Crippen molar-refractivity contribution in [3.8, 4) is 34.1 Å². The van der Waals surface area contributed by atoms with Gasteiger partial charge in [0.25, 0.3) is 0 Å². The van der Waals surface area contributed by atoms with Crippen LogP contribution in [-0.4, -0.2) is 140 Å². The number of aromatic hydroxyl groups is 1. The Hall–Kier alpha value is -10.1. The van der Waals surface area contributed by atoms with Crippen molar-refractivity contribution in [3.05, 3.63) is 200 Å². The molecule has 0 aromatic heterocycles. The molecule has 0 heterocycles. The molecule has 7 rings (SSSR count). The number of alkyl carbamates (subject to hydrolysis) is 4. The monoisotopic (exact) mass is 1590 g/mol. The molecule has 6 aromatic rings. The molecule has 0 fully saturated rings. The van der Waals surface area contributed by atoms with Crippen molar-refractivity contribution in [3.63, 3.8) is 0 Å². The molecule has 22 nitrogen and oxygen atoms in total. The Morgan fingerprint density at radius 1 is 0.417 bits per heavy atom. The first-order chi connectivity index (χ1) is 53.0. The predicted octanol–water partition coefficient (Wildman–Crippen LogP) is 18.3. The molecule has 0 radical (unpaired) electrons. The van der Waals surface area contributed by atoms with Gasteiger partial charge < -0.3 is 79.6 Å². The molecule has 22 heteroatoms. The molecular formula is C93H132N4O18. The van der Waals surface area contributed by atoms with E-state index in [1.165, 1.54) is 7.11 Å². The van der Waals surface area contributed by atoms with Crippen LogP contribution in [0.25, 0.3) is 11.1 Å². The maximum Gasteiger partial charge on any atom is 0.408 e. The summed E-state index contributed by atoms with van der Waals surface area (Å²) in [6.45, 7) is 57.3. The number of methoxy groups -OCH3 is 1. The predicted molar refractivity (Wildman–Crippen MR) is 454 cm³/mol. The van der Waals surface area contributed by atoms with Gasteiger partial charge in [0.2, 0.25) is 0 Å². The number of aliphatic hydroxyl groups is 2. The Morgan fingerprint density at radius 2 is 0.704 bits per heavy atom. The lowest BCUT2D eigenvalue weighted by Gasteiger charge is -2.28. The van der Waals surface area contributed by atoms with Gasteiger partial charge >= 0.3 is 36.3 Å². The fourth-order valence-corrected chi connectivity index (χ4v) is 13.1. The standard InChI is InChI=1S/C26H25NO5.2C23H37NO4.C21H33NO5/c1-15-11-17(28)12-16(2)22(15)13-24(25(29)30)27-26(31)32-14-23-20-9-5-3-7-18(20)19-8-4-6-10-21(19)23;2*1-10-11-20(25)19(24-21(26)28-23(7,8)9)14-18-15(2)12-17(13-16(18)3)27-22(4,5)6;1-13-10-15(26-20(3,4)5)11-14(2)16(13)12-17(18(23)25-9)22-19(24)27-21(6,7)8/h3-12,23-24,28H,13-14H2,1-2H3,(H,27,31)(H,29,30);2*10,12-13,19-20,25H,1,11,14H2,2-9H3,(H,24,26);10-11,17H,12H2,1-9H3,(H,22,24)/t24-;2*19-,20+;17-/m0100/s1. The quantitative estimate of drug-likeness (QED) is 0.0150. The maximum atomic E-state index is 12.5. The Bertz CT molecular complexity index is 4050. The molecule has 6 atom stereocenters. The number of phenolic OH excluding ortho intramolecular Hbond substituents is 1. The number of amides is 4. The van der Waals surface area contributed by atoms with E-state index >= 15 is 0 Å². The van der Waals surface area contributed by atoms with Gasteiger partial charge in [-0.15, -0.1) is 13.2 Å². The van der Waals surface area contributed by atoms with Gasteiger partial charge in [-0.25, -0.2) is 28.8 Å². The number of fused-ring (bicyclic) bond motifs is 3. The molecular weight excluding hydrogens is 1460 g/mol. The van der Waals surface area contributed by atoms with Gasteiger partial charge in [-0.05, 0) is 343 Å². The van der Waals surface area contributed by atoms with Gasteiger partial charge in [0.1, 0.15) is 75.3 Å². The first-order valence-corrected chi connectivity index (χ1v) is 39.1. The fraction of sp³-hybridized carbons (Fsp3) is 0.505. The number of ether oxygens (including phenoxy) is 8. The van der Waals surface area contributed by atoms with Crippen LogP contribution in [0.5, 0.6) is 23.0 Å². The van der Waals surface area contributed by atoms with Crippen LogP contribution in [0.2, 0.25) is 0 Å². The number of carboxylic acid groups (broad SMARTS) is 1. The smallest absolute Gasteiger partial charge is 0.408 e. The molecule has 4 amide bonds. The van der Waals surface area contributed by atoms with E-state index in [4.69, 9.17) is 37.9 Å². The van der Waals surface area contributed by atoms with Gasteiger partial charge in [0, 0.05) is 18.8 Å². The van der Waals surface area contributed by atoms with Gasteiger partial charge in [-0.3, -0.25) is 0 Å². The minimum atomic E-state index is -1.15. The van der Waals surface area contributed by atoms with E-state index in [0.29, 0.717) is 32.1 Å². The molecule has 0 aliphatic heterocycles. The van der Waals surface area contributed by atoms with E-state index in [9.17, 15) is 49.2 Å². The van der Waals surface area contributed by atoms with Crippen LogP contribution in [0.15, 0.2) is 122 Å². The van der Waals surface area contributed by atoms with Crippen LogP contribution in [0.4, 0.5) is 19.2 Å². The summed E-state index contributed by atoms with van der Waals surface area (Å²) in [5.41, 5.74) is 13.3. The van der Waals surface area contributed by atoms with Crippen molar-refractivity contribution in [2.45, 2.75) is 294 Å². The first-order valence-electron chi connectivity index (χ1n) is 39.1. The zero-order valence-corrected chi connectivity index (χ0v) is 73.3. The van der Waals surface area contributed by atoms with Crippen LogP contribution >= 0.6 is 0 Å². The number of carbonyl (C=O) groups excluding carboxylic acids is 5. The van der Waals surface area contributed by atoms with Crippen LogP contribution in [0, 0.1) is 55.4 Å². The van der Waals surface area contributed by atoms with Crippen molar-refractivity contribution in [1.82, 2.24) is 21.3 Å². The number of aliphatic carboxylic acids is 1. The number of benzene rings is 6. The number of rotatable bonds is 25. The lowest BCUT2D eigenvalue weighted by Crippen LogP contribution is -2.46. The zero-order chi connectivity index (χ0) is 87.2. The number of carboxylic acids is 1. The minimum Gasteiger partial charge on any atom is -0.508 e. The van der Waals surface area contributed by atoms with Crippen molar-refractivity contribution < 1.29 is 87.1 Å². The third-order valence-corrected chi connectivity index (χ3v) is 17.9. The number of esters is 1. The molecule has 0 spiro atoms. The largest absolute Gasteiger partial charge is 0.508 e. The number of hydrogen-bond donors (Lipinski definition) is 8. The Kier molecular flexibility index (Phi) is 35.5. The highest BCUT2D eigenvalue weighted by atomic mass is 16.6. The molecule has 1 aliphatic carbocycles. The highest BCUT2D eigenvalue weighted by Gasteiger charge is 2.33. The minimum absolute atomic E-state index is 0.0947. The highest BCUT2D eigenvalue weighted by molar-refractivity contribution is 5.83. The summed E-state index contributed by atoms with van der Waals surface area (Å²) in [5, 5.41) is 51.2. The van der Waals surface area contributed by atoms with Crippen LogP contribution < -0.4 is 35.5 Å². The van der Waals surface area contributed by atoms with E-state index in [2.05, 4.69) is 46.6 Å². The van der Waals surface area contributed by atoms with Crippen molar-refractivity contribution in [2.75, 3.05) is 13.7 Å². The number of aryl methyl sites for hydroxylation is 8. The maximum absolute atomic E-state index is 12.5. The second-order valence-corrected chi connectivity index (χ2v) is 35.4. The van der Waals surface area contributed by atoms with Crippen molar-refractivity contribution in [2.24, 2.45) is 0 Å². The summed E-state index contributed by atoms with van der Waals surface area (Å²) in [6, 6.07) is 28.1. The normalized spacial score (nSPS) is 13.6. The molecule has 0 unspecified atom stereocenters. The molecule has 0 saturated carbocycles. The third-order valence-electron chi connectivity index (χ3n) is 17.9.